The topological polar surface area (TPSA) is 22.2 Å². The van der Waals surface area contributed by atoms with Crippen molar-refractivity contribution in [1.82, 2.24) is 14.0 Å². The molecule has 0 spiro atoms. The largest absolute Gasteiger partial charge is 0.290 e. The zero-order chi connectivity index (χ0) is 26.2. The fraction of sp³-hybridized carbons (Fsp3) is 0. The van der Waals surface area contributed by atoms with E-state index in [1.165, 1.54) is 21.2 Å². The number of hydrogen-bond donors (Lipinski definition) is 0. The summed E-state index contributed by atoms with van der Waals surface area (Å²) in [6.07, 6.45) is 2.25. The monoisotopic (exact) mass is 538 g/mol. The molecule has 0 radical (unpaired) electrons. The van der Waals surface area contributed by atoms with Crippen molar-refractivity contribution in [2.24, 2.45) is 0 Å². The molecule has 2 heterocycles. The molecule has 0 saturated carbocycles. The molecule has 39 heavy (non-hydrogen) atoms. The standard InChI is InChI=1S/C34H25N3PS/c39-34-36(26-15-5-1-6-16-26)25-32(33-35-30-23-13-14-24-31(30)37(33)34)38(27-17-7-2-8-18-27,28-19-9-3-10-20-28)29-21-11-4-12-22-29/h1-25H/q+1. The molecule has 0 amide bonds. The van der Waals surface area contributed by atoms with E-state index in [4.69, 9.17) is 17.2 Å². The molecule has 0 aliphatic carbocycles. The lowest BCUT2D eigenvalue weighted by Crippen LogP contribution is -2.40. The highest BCUT2D eigenvalue weighted by Gasteiger charge is 2.50. The molecule has 0 bridgehead atoms. The van der Waals surface area contributed by atoms with Crippen LogP contribution >= 0.6 is 19.5 Å². The predicted octanol–water partition coefficient (Wildman–Crippen LogP) is 6.63. The second-order valence-electron chi connectivity index (χ2n) is 9.44. The van der Waals surface area contributed by atoms with Crippen molar-refractivity contribution in [1.29, 1.82) is 0 Å². The quantitative estimate of drug-likeness (QED) is 0.181. The SMILES string of the molecule is S=c1n(-c2ccccc2)cc([P+](c2ccccc2)(c2ccccc2)c2ccccc2)c2nc3ccccc3n12. The van der Waals surface area contributed by atoms with E-state index in [2.05, 4.69) is 149 Å². The normalized spacial score (nSPS) is 11.7. The van der Waals surface area contributed by atoms with E-state index in [0.29, 0.717) is 4.77 Å². The predicted molar refractivity (Wildman–Crippen MR) is 168 cm³/mol. The van der Waals surface area contributed by atoms with Crippen molar-refractivity contribution in [2.75, 3.05) is 0 Å². The van der Waals surface area contributed by atoms with Crippen LogP contribution in [0.4, 0.5) is 0 Å². The van der Waals surface area contributed by atoms with Crippen LogP contribution in [0.5, 0.6) is 0 Å². The lowest BCUT2D eigenvalue weighted by atomic mass is 10.3. The average Bonchev–Trinajstić information content (AvgIpc) is 3.41. The third-order valence-corrected chi connectivity index (χ3v) is 11.9. The molecule has 0 aliphatic rings. The van der Waals surface area contributed by atoms with Crippen molar-refractivity contribution in [3.05, 3.63) is 157 Å². The molecule has 2 aromatic heterocycles. The van der Waals surface area contributed by atoms with E-state index in [-0.39, 0.29) is 0 Å². The van der Waals surface area contributed by atoms with Crippen LogP contribution < -0.4 is 21.2 Å². The van der Waals surface area contributed by atoms with Gasteiger partial charge in [-0.15, -0.1) is 0 Å². The van der Waals surface area contributed by atoms with E-state index < -0.39 is 7.26 Å². The third-order valence-electron chi connectivity index (χ3n) is 7.26. The van der Waals surface area contributed by atoms with Gasteiger partial charge in [-0.3, -0.25) is 8.97 Å². The van der Waals surface area contributed by atoms with Gasteiger partial charge < -0.3 is 0 Å². The van der Waals surface area contributed by atoms with E-state index in [9.17, 15) is 0 Å². The number of benzene rings is 5. The van der Waals surface area contributed by atoms with E-state index in [0.717, 1.165) is 22.4 Å². The Morgan fingerprint density at radius 1 is 0.538 bits per heavy atom. The van der Waals surface area contributed by atoms with Crippen LogP contribution in [0.3, 0.4) is 0 Å². The van der Waals surface area contributed by atoms with Crippen LogP contribution in [0.1, 0.15) is 0 Å². The van der Waals surface area contributed by atoms with Gasteiger partial charge in [0, 0.05) is 5.69 Å². The summed E-state index contributed by atoms with van der Waals surface area (Å²) in [6, 6.07) is 51.3. The van der Waals surface area contributed by atoms with Gasteiger partial charge in [-0.25, -0.2) is 4.98 Å². The number of para-hydroxylation sites is 3. The summed E-state index contributed by atoms with van der Waals surface area (Å²) >= 11 is 6.19. The van der Waals surface area contributed by atoms with Gasteiger partial charge >= 0.3 is 0 Å². The second-order valence-corrected chi connectivity index (χ2v) is 13.2. The number of hydrogen-bond acceptors (Lipinski definition) is 2. The van der Waals surface area contributed by atoms with Crippen molar-refractivity contribution in [2.45, 2.75) is 0 Å². The minimum atomic E-state index is -2.42. The van der Waals surface area contributed by atoms with E-state index in [1.54, 1.807) is 0 Å². The molecular weight excluding hydrogens is 513 g/mol. The number of fused-ring (bicyclic) bond motifs is 3. The van der Waals surface area contributed by atoms with Crippen molar-refractivity contribution >= 4 is 57.4 Å². The molecule has 7 aromatic rings. The molecule has 186 valence electrons. The van der Waals surface area contributed by atoms with Gasteiger partial charge in [0.1, 0.15) is 23.2 Å². The van der Waals surface area contributed by atoms with Crippen molar-refractivity contribution in [3.8, 4) is 5.69 Å². The molecule has 0 unspecified atom stereocenters. The summed E-state index contributed by atoms with van der Waals surface area (Å²) in [5, 5.41) is 4.98. The maximum atomic E-state index is 6.19. The maximum Gasteiger partial charge on any atom is 0.191 e. The smallest absolute Gasteiger partial charge is 0.191 e. The fourth-order valence-corrected chi connectivity index (χ4v) is 10.2. The highest BCUT2D eigenvalue weighted by molar-refractivity contribution is 8.01. The number of aromatic nitrogens is 3. The van der Waals surface area contributed by atoms with Crippen LogP contribution in [-0.2, 0) is 0 Å². The molecule has 3 nitrogen and oxygen atoms in total. The van der Waals surface area contributed by atoms with Gasteiger partial charge in [0.2, 0.25) is 0 Å². The van der Waals surface area contributed by atoms with Gasteiger partial charge in [0.05, 0.1) is 17.2 Å². The lowest BCUT2D eigenvalue weighted by molar-refractivity contribution is 0.944. The fourth-order valence-electron chi connectivity index (χ4n) is 5.56. The Labute approximate surface area is 233 Å². The van der Waals surface area contributed by atoms with E-state index in [1.807, 2.05) is 12.1 Å². The van der Waals surface area contributed by atoms with Crippen LogP contribution in [-0.4, -0.2) is 14.0 Å². The minimum absolute atomic E-state index is 0.695. The molecule has 0 atom stereocenters. The Morgan fingerprint density at radius 3 is 1.54 bits per heavy atom. The molecule has 0 N–H and O–H groups in total. The van der Waals surface area contributed by atoms with E-state index >= 15 is 0 Å². The zero-order valence-electron chi connectivity index (χ0n) is 21.1. The van der Waals surface area contributed by atoms with Crippen LogP contribution in [0.2, 0.25) is 0 Å². The molecule has 7 rings (SSSR count). The Bertz CT molecular complexity index is 1870. The summed E-state index contributed by atoms with van der Waals surface area (Å²) in [5.74, 6) is 0. The van der Waals surface area contributed by atoms with Crippen LogP contribution in [0.15, 0.2) is 152 Å². The summed E-state index contributed by atoms with van der Waals surface area (Å²) in [6.45, 7) is 0. The third kappa shape index (κ3) is 3.76. The number of nitrogens with zero attached hydrogens (tertiary/aromatic N) is 3. The number of rotatable bonds is 5. The van der Waals surface area contributed by atoms with Gasteiger partial charge in [-0.05, 0) is 72.9 Å². The Balaban J connectivity index is 1.75. The number of imidazole rings is 1. The summed E-state index contributed by atoms with van der Waals surface area (Å²) in [5.41, 5.74) is 3.87. The first-order valence-corrected chi connectivity index (χ1v) is 15.1. The summed E-state index contributed by atoms with van der Waals surface area (Å²) in [4.78, 5) is 5.26. The molecule has 5 heteroatoms. The molecule has 0 saturated heterocycles. The first-order chi connectivity index (χ1) is 19.3. The highest BCUT2D eigenvalue weighted by Crippen LogP contribution is 2.55. The first kappa shape index (κ1) is 23.7. The Hall–Kier alpha value is -4.37. The second kappa shape index (κ2) is 9.74. The molecule has 0 fully saturated rings. The first-order valence-electron chi connectivity index (χ1n) is 12.9. The van der Waals surface area contributed by atoms with Crippen LogP contribution in [0, 0.1) is 4.77 Å². The van der Waals surface area contributed by atoms with Crippen molar-refractivity contribution in [3.63, 3.8) is 0 Å². The summed E-state index contributed by atoms with van der Waals surface area (Å²) in [7, 11) is -2.42. The molecule has 0 aliphatic heterocycles. The molecule has 5 aromatic carbocycles. The Kier molecular flexibility index (Phi) is 5.93. The zero-order valence-corrected chi connectivity index (χ0v) is 22.8. The maximum absolute atomic E-state index is 6.19. The minimum Gasteiger partial charge on any atom is -0.290 e. The van der Waals surface area contributed by atoms with Gasteiger partial charge in [-0.2, -0.15) is 0 Å². The van der Waals surface area contributed by atoms with Crippen molar-refractivity contribution < 1.29 is 0 Å². The summed E-state index contributed by atoms with van der Waals surface area (Å²) < 4.78 is 5.01. The highest BCUT2D eigenvalue weighted by atomic mass is 32.1. The van der Waals surface area contributed by atoms with Gasteiger partial charge in [0.15, 0.2) is 15.7 Å². The Morgan fingerprint density at radius 2 is 1.00 bits per heavy atom. The van der Waals surface area contributed by atoms with Crippen LogP contribution in [0.25, 0.3) is 22.4 Å². The van der Waals surface area contributed by atoms with Gasteiger partial charge in [0.25, 0.3) is 0 Å². The molecular formula is C34H25N3PS+. The lowest BCUT2D eigenvalue weighted by Gasteiger charge is -2.28. The van der Waals surface area contributed by atoms with Gasteiger partial charge in [-0.1, -0.05) is 84.9 Å². The average molecular weight is 539 g/mol.